The minimum atomic E-state index is -0.536. The molecule has 1 amide bonds. The molecule has 3 N–H and O–H groups in total. The van der Waals surface area contributed by atoms with Crippen molar-refractivity contribution in [3.8, 4) is 0 Å². The number of piperidine rings is 1. The lowest BCUT2D eigenvalue weighted by Gasteiger charge is -2.60. The minimum Gasteiger partial charge on any atom is -0.390 e. The van der Waals surface area contributed by atoms with Gasteiger partial charge in [-0.15, -0.1) is 0 Å². The van der Waals surface area contributed by atoms with Gasteiger partial charge in [-0.25, -0.2) is 0 Å². The summed E-state index contributed by atoms with van der Waals surface area (Å²) < 4.78 is 0. The van der Waals surface area contributed by atoms with Crippen LogP contribution in [0.5, 0.6) is 0 Å². The Morgan fingerprint density at radius 2 is 1.70 bits per heavy atom. The number of likely N-dealkylation sites (tertiary alicyclic amines) is 1. The quantitative estimate of drug-likeness (QED) is 0.759. The third-order valence-corrected chi connectivity index (χ3v) is 6.31. The van der Waals surface area contributed by atoms with Crippen LogP contribution in [0.3, 0.4) is 0 Å². The van der Waals surface area contributed by atoms with Crippen molar-refractivity contribution < 1.29 is 9.90 Å². The highest BCUT2D eigenvalue weighted by Crippen LogP contribution is 2.62. The maximum atomic E-state index is 13.1. The lowest BCUT2D eigenvalue weighted by molar-refractivity contribution is -0.186. The molecule has 5 fully saturated rings. The van der Waals surface area contributed by atoms with E-state index in [4.69, 9.17) is 5.73 Å². The van der Waals surface area contributed by atoms with Gasteiger partial charge in [0.1, 0.15) is 0 Å². The summed E-state index contributed by atoms with van der Waals surface area (Å²) in [5.74, 6) is 1.49. The maximum absolute atomic E-state index is 13.1. The van der Waals surface area contributed by atoms with Crippen molar-refractivity contribution in [2.45, 2.75) is 63.0 Å². The second-order valence-corrected chi connectivity index (χ2v) is 8.10. The Labute approximate surface area is 120 Å². The molecule has 0 radical (unpaired) electrons. The van der Waals surface area contributed by atoms with Crippen molar-refractivity contribution >= 4 is 5.91 Å². The van der Waals surface area contributed by atoms with Crippen LogP contribution in [0, 0.1) is 17.3 Å². The molecular formula is C16H26N2O2. The highest BCUT2D eigenvalue weighted by molar-refractivity contribution is 5.83. The zero-order valence-electron chi connectivity index (χ0n) is 12.2. The predicted octanol–water partition coefficient (Wildman–Crippen LogP) is 1.27. The van der Waals surface area contributed by atoms with E-state index in [-0.39, 0.29) is 11.5 Å². The fourth-order valence-corrected chi connectivity index (χ4v) is 5.90. The minimum absolute atomic E-state index is 0.236. The van der Waals surface area contributed by atoms with Crippen molar-refractivity contribution in [1.29, 1.82) is 0 Å². The summed E-state index contributed by atoms with van der Waals surface area (Å²) in [6.45, 7) is 1.63. The molecule has 2 atom stereocenters. The molecule has 4 saturated carbocycles. The van der Waals surface area contributed by atoms with Gasteiger partial charge in [0.2, 0.25) is 5.91 Å². The lowest BCUT2D eigenvalue weighted by Crippen LogP contribution is -2.61. The third-order valence-electron chi connectivity index (χ3n) is 6.31. The summed E-state index contributed by atoms with van der Waals surface area (Å²) in [4.78, 5) is 15.1. The highest BCUT2D eigenvalue weighted by atomic mass is 16.3. The average molecular weight is 278 g/mol. The molecule has 5 rings (SSSR count). The first-order chi connectivity index (χ1) is 9.48. The molecule has 0 aromatic heterocycles. The first-order valence-electron chi connectivity index (χ1n) is 8.25. The summed E-state index contributed by atoms with van der Waals surface area (Å²) in [7, 11) is 0. The van der Waals surface area contributed by atoms with E-state index in [9.17, 15) is 9.90 Å². The summed E-state index contributed by atoms with van der Waals surface area (Å²) in [5.41, 5.74) is 5.17. The number of hydrogen-bond donors (Lipinski definition) is 2. The molecule has 0 spiro atoms. The molecule has 1 saturated heterocycles. The summed E-state index contributed by atoms with van der Waals surface area (Å²) in [6, 6.07) is 0.264. The van der Waals surface area contributed by atoms with E-state index in [2.05, 4.69) is 0 Å². The molecule has 0 aromatic carbocycles. The fourth-order valence-electron chi connectivity index (χ4n) is 5.90. The van der Waals surface area contributed by atoms with Crippen LogP contribution in [0.15, 0.2) is 0 Å². The van der Waals surface area contributed by atoms with Gasteiger partial charge in [0.15, 0.2) is 0 Å². The van der Waals surface area contributed by atoms with Crippen LogP contribution < -0.4 is 5.73 Å². The molecule has 0 aromatic rings. The topological polar surface area (TPSA) is 66.6 Å². The molecule has 2 unspecified atom stereocenters. The van der Waals surface area contributed by atoms with Gasteiger partial charge in [0, 0.05) is 19.1 Å². The Morgan fingerprint density at radius 3 is 2.25 bits per heavy atom. The van der Waals surface area contributed by atoms with Gasteiger partial charge >= 0.3 is 0 Å². The monoisotopic (exact) mass is 278 g/mol. The highest BCUT2D eigenvalue weighted by Gasteiger charge is 2.60. The second kappa shape index (κ2) is 4.20. The van der Waals surface area contributed by atoms with Crippen molar-refractivity contribution in [3.63, 3.8) is 0 Å². The van der Waals surface area contributed by atoms with Gasteiger partial charge in [0.05, 0.1) is 11.0 Å². The molecule has 1 aliphatic heterocycles. The Bertz CT molecular complexity index is 414. The normalized spacial score (nSPS) is 47.8. The van der Waals surface area contributed by atoms with E-state index < -0.39 is 5.60 Å². The molecule has 112 valence electrons. The molecule has 5 aliphatic rings. The number of carbonyl (C=O) groups is 1. The number of carbonyl (C=O) groups excluding carboxylic acids is 1. The number of aliphatic hydroxyl groups is 1. The van der Waals surface area contributed by atoms with Gasteiger partial charge in [-0.2, -0.15) is 0 Å². The van der Waals surface area contributed by atoms with E-state index in [1.807, 2.05) is 4.90 Å². The first-order valence-corrected chi connectivity index (χ1v) is 8.25. The first kappa shape index (κ1) is 13.1. The van der Waals surface area contributed by atoms with E-state index >= 15 is 0 Å². The van der Waals surface area contributed by atoms with Crippen molar-refractivity contribution in [2.75, 3.05) is 13.1 Å². The average Bonchev–Trinajstić information content (AvgIpc) is 2.36. The van der Waals surface area contributed by atoms with Crippen LogP contribution in [0.4, 0.5) is 0 Å². The van der Waals surface area contributed by atoms with Crippen LogP contribution in [-0.2, 0) is 4.79 Å². The summed E-state index contributed by atoms with van der Waals surface area (Å²) in [5, 5.41) is 10.8. The van der Waals surface area contributed by atoms with Crippen LogP contribution in [-0.4, -0.2) is 40.6 Å². The summed E-state index contributed by atoms with van der Waals surface area (Å²) >= 11 is 0. The van der Waals surface area contributed by atoms with Gasteiger partial charge in [-0.05, 0) is 63.2 Å². The number of amides is 1. The molecule has 4 aliphatic carbocycles. The van der Waals surface area contributed by atoms with E-state index in [1.54, 1.807) is 0 Å². The Balaban J connectivity index is 1.56. The largest absolute Gasteiger partial charge is 0.390 e. The summed E-state index contributed by atoms with van der Waals surface area (Å²) in [6.07, 6.45) is 7.72. The Morgan fingerprint density at radius 1 is 1.10 bits per heavy atom. The van der Waals surface area contributed by atoms with E-state index in [0.717, 1.165) is 51.6 Å². The smallest absolute Gasteiger partial charge is 0.228 e. The number of hydrogen-bond acceptors (Lipinski definition) is 3. The number of nitrogens with two attached hydrogens (primary N) is 1. The van der Waals surface area contributed by atoms with Crippen molar-refractivity contribution in [1.82, 2.24) is 4.90 Å². The van der Waals surface area contributed by atoms with Crippen LogP contribution in [0.2, 0.25) is 0 Å². The fraction of sp³-hybridized carbons (Fsp3) is 0.938. The molecule has 1 heterocycles. The van der Waals surface area contributed by atoms with Crippen LogP contribution in [0.25, 0.3) is 0 Å². The molecule has 4 heteroatoms. The lowest BCUT2D eigenvalue weighted by atomic mass is 9.47. The predicted molar refractivity (Wildman–Crippen MR) is 75.9 cm³/mol. The third kappa shape index (κ3) is 1.92. The van der Waals surface area contributed by atoms with Crippen molar-refractivity contribution in [2.24, 2.45) is 23.0 Å². The number of rotatable bonds is 1. The van der Waals surface area contributed by atoms with Crippen LogP contribution >= 0.6 is 0 Å². The van der Waals surface area contributed by atoms with Gasteiger partial charge in [-0.3, -0.25) is 4.79 Å². The van der Waals surface area contributed by atoms with Gasteiger partial charge < -0.3 is 15.7 Å². The standard InChI is InChI=1S/C16H26N2O2/c17-13-1-3-18(4-2-13)14(19)15-6-11-5-12(7-15)9-16(20,8-11)10-15/h11-13,20H,1-10,17H2. The van der Waals surface area contributed by atoms with E-state index in [0.29, 0.717) is 24.2 Å². The van der Waals surface area contributed by atoms with Crippen LogP contribution in [0.1, 0.15) is 51.4 Å². The van der Waals surface area contributed by atoms with Crippen molar-refractivity contribution in [3.05, 3.63) is 0 Å². The molecule has 4 bridgehead atoms. The van der Waals surface area contributed by atoms with E-state index in [1.165, 1.54) is 6.42 Å². The Hall–Kier alpha value is -0.610. The Kier molecular flexibility index (Phi) is 2.75. The zero-order valence-corrected chi connectivity index (χ0v) is 12.2. The maximum Gasteiger partial charge on any atom is 0.228 e. The zero-order chi connectivity index (χ0) is 14.0. The van der Waals surface area contributed by atoms with Gasteiger partial charge in [0.25, 0.3) is 0 Å². The molecular weight excluding hydrogens is 252 g/mol. The van der Waals surface area contributed by atoms with Gasteiger partial charge in [-0.1, -0.05) is 0 Å². The second-order valence-electron chi connectivity index (χ2n) is 8.10. The molecule has 20 heavy (non-hydrogen) atoms. The SMILES string of the molecule is NC1CCN(C(=O)C23CC4CC(CC(O)(C4)C2)C3)CC1. The molecule has 4 nitrogen and oxygen atoms in total. The number of nitrogens with zero attached hydrogens (tertiary/aromatic N) is 1.